The second kappa shape index (κ2) is 2.48. The van der Waals surface area contributed by atoms with Crippen LogP contribution in [-0.4, -0.2) is 28.6 Å². The fraction of sp³-hybridized carbons (Fsp3) is 0.889. The van der Waals surface area contributed by atoms with Crippen molar-refractivity contribution in [1.29, 1.82) is 0 Å². The van der Waals surface area contributed by atoms with E-state index in [9.17, 15) is 9.90 Å². The molecule has 0 amide bonds. The molecule has 1 N–H and O–H groups in total. The number of halogens is 1. The third-order valence-corrected chi connectivity index (χ3v) is 5.10. The summed E-state index contributed by atoms with van der Waals surface area (Å²) in [4.78, 5) is 11.7. The maximum Gasteiger partial charge on any atom is 0.310 e. The van der Waals surface area contributed by atoms with Crippen LogP contribution in [0.25, 0.3) is 0 Å². The second-order valence-electron chi connectivity index (χ2n) is 4.28. The minimum Gasteiger partial charge on any atom is -0.461 e. The Hall–Kier alpha value is -0.0900. The Morgan fingerprint density at radius 1 is 1.54 bits per heavy atom. The van der Waals surface area contributed by atoms with Crippen molar-refractivity contribution in [2.45, 2.75) is 17.4 Å². The van der Waals surface area contributed by atoms with Crippen molar-refractivity contribution in [3.63, 3.8) is 0 Å². The SMILES string of the molecule is O=C1OC2C3CC([C@@H]2Br)[C@H](CO)C13. The third kappa shape index (κ3) is 0.814. The minimum atomic E-state index is -0.0847. The molecule has 6 atom stereocenters. The van der Waals surface area contributed by atoms with Gasteiger partial charge in [0.25, 0.3) is 0 Å². The van der Waals surface area contributed by atoms with Gasteiger partial charge in [-0.15, -0.1) is 0 Å². The first-order valence-corrected chi connectivity index (χ1v) is 5.61. The van der Waals surface area contributed by atoms with Crippen LogP contribution >= 0.6 is 15.9 Å². The van der Waals surface area contributed by atoms with Crippen LogP contribution < -0.4 is 0 Å². The normalized spacial score (nSPS) is 57.2. The molecule has 3 nitrogen and oxygen atoms in total. The molecule has 72 valence electrons. The molecular formula is C9H11BrO3. The highest BCUT2D eigenvalue weighted by Gasteiger charge is 2.65. The predicted molar refractivity (Wildman–Crippen MR) is 48.3 cm³/mol. The summed E-state index contributed by atoms with van der Waals surface area (Å²) in [6.07, 6.45) is 1.13. The maximum absolute atomic E-state index is 11.5. The van der Waals surface area contributed by atoms with Crippen molar-refractivity contribution in [2.24, 2.45) is 23.7 Å². The second-order valence-corrected chi connectivity index (χ2v) is 5.34. The molecule has 0 spiro atoms. The lowest BCUT2D eigenvalue weighted by molar-refractivity contribution is -0.144. The molecule has 1 saturated heterocycles. The smallest absolute Gasteiger partial charge is 0.310 e. The van der Waals surface area contributed by atoms with E-state index in [4.69, 9.17) is 4.74 Å². The average Bonchev–Trinajstić information content (AvgIpc) is 2.68. The van der Waals surface area contributed by atoms with E-state index in [2.05, 4.69) is 15.9 Å². The minimum absolute atomic E-state index is 0.00574. The van der Waals surface area contributed by atoms with Gasteiger partial charge in [0.05, 0.1) is 10.7 Å². The molecule has 3 rings (SSSR count). The summed E-state index contributed by atoms with van der Waals surface area (Å²) < 4.78 is 5.29. The average molecular weight is 247 g/mol. The number of alkyl halides is 1. The molecule has 3 fully saturated rings. The molecule has 0 aromatic rings. The van der Waals surface area contributed by atoms with Crippen LogP contribution in [0.15, 0.2) is 0 Å². The largest absolute Gasteiger partial charge is 0.461 e. The quantitative estimate of drug-likeness (QED) is 0.543. The zero-order valence-corrected chi connectivity index (χ0v) is 8.61. The van der Waals surface area contributed by atoms with Crippen LogP contribution in [0.5, 0.6) is 0 Å². The Balaban J connectivity index is 2.01. The number of rotatable bonds is 1. The Labute approximate surface area is 84.6 Å². The fourth-order valence-corrected chi connectivity index (χ4v) is 4.48. The summed E-state index contributed by atoms with van der Waals surface area (Å²) in [5, 5.41) is 9.22. The Morgan fingerprint density at radius 3 is 3.00 bits per heavy atom. The molecule has 2 bridgehead atoms. The summed E-state index contributed by atoms with van der Waals surface area (Å²) in [5.74, 6) is 0.864. The number of aliphatic hydroxyl groups excluding tert-OH is 1. The summed E-state index contributed by atoms with van der Waals surface area (Å²) in [5.41, 5.74) is 0. The molecule has 0 aromatic heterocycles. The summed E-state index contributed by atoms with van der Waals surface area (Å²) in [6, 6.07) is 0. The molecule has 0 aromatic carbocycles. The molecule has 1 aliphatic heterocycles. The topological polar surface area (TPSA) is 46.5 Å². The van der Waals surface area contributed by atoms with Crippen molar-refractivity contribution in [1.82, 2.24) is 0 Å². The van der Waals surface area contributed by atoms with Gasteiger partial charge < -0.3 is 9.84 Å². The number of fused-ring (bicyclic) bond motifs is 1. The fourth-order valence-electron chi connectivity index (χ4n) is 3.37. The molecule has 13 heavy (non-hydrogen) atoms. The van der Waals surface area contributed by atoms with Gasteiger partial charge in [0.2, 0.25) is 0 Å². The number of carbonyl (C=O) groups excluding carboxylic acids is 1. The van der Waals surface area contributed by atoms with Crippen LogP contribution in [0.2, 0.25) is 0 Å². The number of hydrogen-bond donors (Lipinski definition) is 1. The lowest BCUT2D eigenvalue weighted by Gasteiger charge is -2.26. The molecule has 4 heteroatoms. The highest BCUT2D eigenvalue weighted by molar-refractivity contribution is 9.09. The van der Waals surface area contributed by atoms with Crippen LogP contribution in [0.3, 0.4) is 0 Å². The van der Waals surface area contributed by atoms with Crippen LogP contribution in [-0.2, 0) is 9.53 Å². The zero-order valence-electron chi connectivity index (χ0n) is 7.02. The van der Waals surface area contributed by atoms with E-state index in [1.165, 1.54) is 0 Å². The Kier molecular flexibility index (Phi) is 1.57. The highest BCUT2D eigenvalue weighted by Crippen LogP contribution is 2.59. The van der Waals surface area contributed by atoms with Crippen molar-refractivity contribution in [3.8, 4) is 0 Å². The van der Waals surface area contributed by atoms with Crippen LogP contribution in [0.1, 0.15) is 6.42 Å². The van der Waals surface area contributed by atoms with Crippen molar-refractivity contribution in [2.75, 3.05) is 6.61 Å². The van der Waals surface area contributed by atoms with Gasteiger partial charge in [-0.2, -0.15) is 0 Å². The molecule has 1 heterocycles. The van der Waals surface area contributed by atoms with E-state index in [0.717, 1.165) is 6.42 Å². The first-order chi connectivity index (χ1) is 6.24. The molecule has 2 saturated carbocycles. The Bertz CT molecular complexity index is 268. The molecular weight excluding hydrogens is 236 g/mol. The van der Waals surface area contributed by atoms with Crippen LogP contribution in [0.4, 0.5) is 0 Å². The summed E-state index contributed by atoms with van der Waals surface area (Å²) >= 11 is 3.57. The van der Waals surface area contributed by atoms with Gasteiger partial charge in [-0.3, -0.25) is 4.79 Å². The van der Waals surface area contributed by atoms with E-state index in [1.54, 1.807) is 0 Å². The number of aliphatic hydroxyl groups is 1. The standard InChI is InChI=1S/C9H11BrO3/c10-7-3-1-4-6(5(3)2-11)9(12)13-8(4)7/h3-8,11H,1-2H2/t3?,4?,5-,6?,7-,8?/m0/s1. The molecule has 0 radical (unpaired) electrons. The van der Waals surface area contributed by atoms with Crippen molar-refractivity contribution < 1.29 is 14.6 Å². The van der Waals surface area contributed by atoms with Crippen LogP contribution in [0, 0.1) is 23.7 Å². The predicted octanol–water partition coefficient (Wildman–Crippen LogP) is 0.550. The maximum atomic E-state index is 11.5. The molecule has 4 unspecified atom stereocenters. The number of ether oxygens (including phenoxy) is 1. The monoisotopic (exact) mass is 246 g/mol. The van der Waals surface area contributed by atoms with E-state index in [1.807, 2.05) is 0 Å². The van der Waals surface area contributed by atoms with Crippen molar-refractivity contribution >= 4 is 21.9 Å². The number of esters is 1. The van der Waals surface area contributed by atoms with E-state index >= 15 is 0 Å². The highest BCUT2D eigenvalue weighted by atomic mass is 79.9. The van der Waals surface area contributed by atoms with E-state index in [-0.39, 0.29) is 35.3 Å². The third-order valence-electron chi connectivity index (χ3n) is 3.90. The van der Waals surface area contributed by atoms with Gasteiger partial charge in [0.1, 0.15) is 6.10 Å². The first kappa shape index (κ1) is 8.24. The first-order valence-electron chi connectivity index (χ1n) is 4.69. The zero-order chi connectivity index (χ0) is 9.16. The van der Waals surface area contributed by atoms with Gasteiger partial charge in [-0.05, 0) is 18.3 Å². The summed E-state index contributed by atoms with van der Waals surface area (Å²) in [7, 11) is 0. The Morgan fingerprint density at radius 2 is 2.31 bits per heavy atom. The number of carbonyl (C=O) groups is 1. The van der Waals surface area contributed by atoms with E-state index < -0.39 is 0 Å². The van der Waals surface area contributed by atoms with Crippen molar-refractivity contribution in [3.05, 3.63) is 0 Å². The van der Waals surface area contributed by atoms with Gasteiger partial charge in [0, 0.05) is 12.5 Å². The molecule has 2 aliphatic carbocycles. The number of hydrogen-bond acceptors (Lipinski definition) is 3. The van der Waals surface area contributed by atoms with Gasteiger partial charge >= 0.3 is 5.97 Å². The lowest BCUT2D eigenvalue weighted by atomic mass is 9.80. The molecule has 3 aliphatic rings. The summed E-state index contributed by atoms with van der Waals surface area (Å²) in [6.45, 7) is 0.121. The van der Waals surface area contributed by atoms with E-state index in [0.29, 0.717) is 11.8 Å². The van der Waals surface area contributed by atoms with Gasteiger partial charge in [-0.25, -0.2) is 0 Å². The van der Waals surface area contributed by atoms with Gasteiger partial charge in [0.15, 0.2) is 0 Å². The van der Waals surface area contributed by atoms with Gasteiger partial charge in [-0.1, -0.05) is 15.9 Å². The lowest BCUT2D eigenvalue weighted by Crippen LogP contribution is -2.35.